The number of hydrogen-bond acceptors (Lipinski definition) is 6. The van der Waals surface area contributed by atoms with Gasteiger partial charge in [-0.15, -0.1) is 0 Å². The van der Waals surface area contributed by atoms with E-state index in [0.29, 0.717) is 17.1 Å². The number of nitrogens with zero attached hydrogens (tertiary/aromatic N) is 2. The molecule has 0 radical (unpaired) electrons. The molecule has 0 aliphatic carbocycles. The van der Waals surface area contributed by atoms with Crippen molar-refractivity contribution in [3.05, 3.63) is 70.6 Å². The fraction of sp³-hybridized carbons (Fsp3) is 0. The van der Waals surface area contributed by atoms with E-state index in [9.17, 15) is 14.9 Å². The van der Waals surface area contributed by atoms with Crippen LogP contribution in [0.3, 0.4) is 0 Å². The molecule has 0 unspecified atom stereocenters. The normalized spacial score (nSPS) is 10.4. The van der Waals surface area contributed by atoms with Gasteiger partial charge in [0.25, 0.3) is 0 Å². The zero-order valence-corrected chi connectivity index (χ0v) is 12.5. The number of aldehydes is 1. The van der Waals surface area contributed by atoms with Crippen molar-refractivity contribution in [3.8, 4) is 11.3 Å². The van der Waals surface area contributed by atoms with Crippen LogP contribution >= 0.6 is 11.8 Å². The van der Waals surface area contributed by atoms with E-state index in [2.05, 4.69) is 4.98 Å². The van der Waals surface area contributed by atoms with Crippen LogP contribution in [-0.4, -0.2) is 16.2 Å². The Balaban J connectivity index is 1.92. The summed E-state index contributed by atoms with van der Waals surface area (Å²) in [5.41, 5.74) is 0.742. The van der Waals surface area contributed by atoms with E-state index < -0.39 is 4.92 Å². The molecule has 2 aromatic heterocycles. The fourth-order valence-corrected chi connectivity index (χ4v) is 2.91. The molecule has 114 valence electrons. The number of rotatable bonds is 5. The Morgan fingerprint density at radius 2 is 2.04 bits per heavy atom. The maximum absolute atomic E-state index is 11.0. The molecular formula is C16H10N2O4S. The summed E-state index contributed by atoms with van der Waals surface area (Å²) < 4.78 is 5.38. The molecule has 1 aromatic carbocycles. The van der Waals surface area contributed by atoms with Crippen molar-refractivity contribution in [2.45, 2.75) is 9.92 Å². The van der Waals surface area contributed by atoms with Crippen LogP contribution in [0, 0.1) is 10.1 Å². The minimum Gasteiger partial charge on any atom is -0.453 e. The Hall–Kier alpha value is -2.93. The minimum absolute atomic E-state index is 0.0378. The lowest BCUT2D eigenvalue weighted by atomic mass is 10.2. The molecule has 2 heterocycles. The lowest BCUT2D eigenvalue weighted by Gasteiger charge is -2.03. The Bertz CT molecular complexity index is 876. The molecule has 6 nitrogen and oxygen atoms in total. The summed E-state index contributed by atoms with van der Waals surface area (Å²) in [5, 5.41) is 11.4. The Morgan fingerprint density at radius 1 is 1.17 bits per heavy atom. The van der Waals surface area contributed by atoms with E-state index in [0.717, 1.165) is 10.5 Å². The number of carbonyl (C=O) groups excluding carboxylic acids is 1. The van der Waals surface area contributed by atoms with Crippen LogP contribution in [0.5, 0.6) is 0 Å². The second kappa shape index (κ2) is 6.45. The number of furan rings is 1. The monoisotopic (exact) mass is 326 g/mol. The van der Waals surface area contributed by atoms with Crippen molar-refractivity contribution in [2.24, 2.45) is 0 Å². The van der Waals surface area contributed by atoms with E-state index in [1.807, 2.05) is 24.3 Å². The molecule has 0 saturated carbocycles. The first kappa shape index (κ1) is 15.0. The van der Waals surface area contributed by atoms with Crippen molar-refractivity contribution in [2.75, 3.05) is 0 Å². The van der Waals surface area contributed by atoms with Crippen LogP contribution < -0.4 is 0 Å². The Labute approximate surface area is 135 Å². The number of aromatic nitrogens is 1. The summed E-state index contributed by atoms with van der Waals surface area (Å²) in [4.78, 5) is 26.1. The highest BCUT2D eigenvalue weighted by molar-refractivity contribution is 7.99. The van der Waals surface area contributed by atoms with Crippen LogP contribution in [0.15, 0.2) is 69.1 Å². The van der Waals surface area contributed by atoms with Gasteiger partial charge in [-0.25, -0.2) is 4.98 Å². The zero-order valence-electron chi connectivity index (χ0n) is 11.7. The third kappa shape index (κ3) is 3.29. The largest absolute Gasteiger partial charge is 0.453 e. The molecule has 0 saturated heterocycles. The molecule has 0 aliphatic heterocycles. The number of hydrogen-bond donors (Lipinski definition) is 0. The molecule has 0 bridgehead atoms. The summed E-state index contributed by atoms with van der Waals surface area (Å²) in [6.45, 7) is 0. The van der Waals surface area contributed by atoms with Crippen LogP contribution in [0.1, 0.15) is 10.6 Å². The molecule has 0 atom stereocenters. The molecule has 3 aromatic rings. The van der Waals surface area contributed by atoms with Gasteiger partial charge >= 0.3 is 5.69 Å². The summed E-state index contributed by atoms with van der Waals surface area (Å²) in [7, 11) is 0. The number of pyridine rings is 1. The smallest absolute Gasteiger partial charge is 0.301 e. The molecule has 0 N–H and O–H groups in total. The maximum atomic E-state index is 11.0. The van der Waals surface area contributed by atoms with Gasteiger partial charge in [-0.3, -0.25) is 14.9 Å². The van der Waals surface area contributed by atoms with Gasteiger partial charge < -0.3 is 4.42 Å². The lowest BCUT2D eigenvalue weighted by Crippen LogP contribution is -1.92. The Kier molecular flexibility index (Phi) is 4.20. The van der Waals surface area contributed by atoms with Crippen LogP contribution in [0.2, 0.25) is 0 Å². The highest BCUT2D eigenvalue weighted by Gasteiger charge is 2.15. The van der Waals surface area contributed by atoms with Gasteiger partial charge in [-0.05, 0) is 30.3 Å². The third-order valence-corrected chi connectivity index (χ3v) is 4.02. The molecule has 0 fully saturated rings. The van der Waals surface area contributed by atoms with Crippen molar-refractivity contribution >= 4 is 23.7 Å². The van der Waals surface area contributed by atoms with Gasteiger partial charge in [0.15, 0.2) is 17.1 Å². The highest BCUT2D eigenvalue weighted by Crippen LogP contribution is 2.34. The van der Waals surface area contributed by atoms with E-state index in [1.54, 1.807) is 12.1 Å². The number of nitro groups is 1. The maximum Gasteiger partial charge on any atom is 0.301 e. The highest BCUT2D eigenvalue weighted by atomic mass is 32.2. The second-order valence-electron chi connectivity index (χ2n) is 4.53. The second-order valence-corrected chi connectivity index (χ2v) is 5.60. The first-order chi connectivity index (χ1) is 11.2. The number of carbonyl (C=O) groups is 1. The Morgan fingerprint density at radius 3 is 2.78 bits per heavy atom. The quantitative estimate of drug-likeness (QED) is 0.396. The van der Waals surface area contributed by atoms with Gasteiger partial charge in [0.05, 0.1) is 4.92 Å². The van der Waals surface area contributed by atoms with E-state index >= 15 is 0 Å². The van der Waals surface area contributed by atoms with Crippen molar-refractivity contribution in [1.29, 1.82) is 0 Å². The van der Waals surface area contributed by atoms with E-state index in [4.69, 9.17) is 4.42 Å². The summed E-state index contributed by atoms with van der Waals surface area (Å²) in [6, 6.07) is 13.6. The molecule has 3 rings (SSSR count). The summed E-state index contributed by atoms with van der Waals surface area (Å²) in [6.07, 6.45) is 2.15. The first-order valence-electron chi connectivity index (χ1n) is 6.60. The van der Waals surface area contributed by atoms with Gasteiger partial charge in [0.1, 0.15) is 5.76 Å². The van der Waals surface area contributed by atoms with Gasteiger partial charge in [-0.1, -0.05) is 23.9 Å². The summed E-state index contributed by atoms with van der Waals surface area (Å²) in [5.74, 6) is 0.809. The third-order valence-electron chi connectivity index (χ3n) is 3.02. The average Bonchev–Trinajstić information content (AvgIpc) is 3.04. The predicted octanol–water partition coefficient (Wildman–Crippen LogP) is 4.21. The molecular weight excluding hydrogens is 316 g/mol. The molecule has 0 aliphatic rings. The number of benzene rings is 1. The first-order valence-corrected chi connectivity index (χ1v) is 7.42. The van der Waals surface area contributed by atoms with Crippen molar-refractivity contribution < 1.29 is 14.1 Å². The minimum atomic E-state index is -0.456. The van der Waals surface area contributed by atoms with Crippen molar-refractivity contribution in [3.63, 3.8) is 0 Å². The van der Waals surface area contributed by atoms with E-state index in [-0.39, 0.29) is 11.4 Å². The molecule has 0 spiro atoms. The SMILES string of the molecule is O=Cc1ccc(-c2cccc(Sc3ncccc3[N+](=O)[O-])c2)o1. The van der Waals surface area contributed by atoms with Crippen LogP contribution in [0.4, 0.5) is 5.69 Å². The predicted molar refractivity (Wildman–Crippen MR) is 84.5 cm³/mol. The van der Waals surface area contributed by atoms with Crippen LogP contribution in [0.25, 0.3) is 11.3 Å². The standard InChI is InChI=1S/C16H10N2O4S/c19-10-12-6-7-15(22-12)11-3-1-4-13(9-11)23-16-14(18(20)21)5-2-8-17-16/h1-10H. The molecule has 23 heavy (non-hydrogen) atoms. The molecule has 0 amide bonds. The summed E-state index contributed by atoms with van der Waals surface area (Å²) >= 11 is 1.20. The average molecular weight is 326 g/mol. The molecule has 7 heteroatoms. The topological polar surface area (TPSA) is 86.2 Å². The zero-order chi connectivity index (χ0) is 16.2. The van der Waals surface area contributed by atoms with Crippen molar-refractivity contribution in [1.82, 2.24) is 4.98 Å². The van der Waals surface area contributed by atoms with Crippen LogP contribution in [-0.2, 0) is 0 Å². The van der Waals surface area contributed by atoms with E-state index in [1.165, 1.54) is 30.1 Å². The fourth-order valence-electron chi connectivity index (χ4n) is 2.00. The lowest BCUT2D eigenvalue weighted by molar-refractivity contribution is -0.388. The van der Waals surface area contributed by atoms with Gasteiger partial charge in [0.2, 0.25) is 0 Å². The van der Waals surface area contributed by atoms with Gasteiger partial charge in [-0.2, -0.15) is 0 Å². The van der Waals surface area contributed by atoms with Gasteiger partial charge in [0, 0.05) is 22.7 Å².